The molecule has 2 amide bonds. The van der Waals surface area contributed by atoms with E-state index >= 15 is 0 Å². The lowest BCUT2D eigenvalue weighted by Crippen LogP contribution is -2.59. The van der Waals surface area contributed by atoms with Crippen LogP contribution >= 0.6 is 0 Å². The zero-order valence-corrected chi connectivity index (χ0v) is 10.8. The van der Waals surface area contributed by atoms with Gasteiger partial charge in [-0.2, -0.15) is 0 Å². The van der Waals surface area contributed by atoms with Crippen LogP contribution in [0, 0.1) is 5.92 Å². The summed E-state index contributed by atoms with van der Waals surface area (Å²) in [7, 11) is 0. The highest BCUT2D eigenvalue weighted by Gasteiger charge is 2.40. The van der Waals surface area contributed by atoms with E-state index in [2.05, 4.69) is 5.32 Å². The van der Waals surface area contributed by atoms with E-state index in [0.717, 1.165) is 0 Å². The molecule has 2 aliphatic rings. The molecule has 0 spiro atoms. The highest BCUT2D eigenvalue weighted by Crippen LogP contribution is 2.24. The van der Waals surface area contributed by atoms with Crippen molar-refractivity contribution in [1.82, 2.24) is 10.2 Å². The first-order chi connectivity index (χ1) is 9.00. The lowest BCUT2D eigenvalue weighted by Gasteiger charge is -2.36. The lowest BCUT2D eigenvalue weighted by molar-refractivity contribution is -0.151. The van der Waals surface area contributed by atoms with Gasteiger partial charge in [-0.1, -0.05) is 0 Å². The van der Waals surface area contributed by atoms with Gasteiger partial charge in [0.2, 0.25) is 11.8 Å². The molecule has 3 atom stereocenters. The van der Waals surface area contributed by atoms with Crippen molar-refractivity contribution in [2.75, 3.05) is 19.7 Å². The number of hydrogen-bond acceptors (Lipinski definition) is 4. The Morgan fingerprint density at radius 3 is 2.84 bits per heavy atom. The van der Waals surface area contributed by atoms with Gasteiger partial charge in [0.1, 0.15) is 6.04 Å². The highest BCUT2D eigenvalue weighted by atomic mass is 16.5. The zero-order chi connectivity index (χ0) is 14.0. The third kappa shape index (κ3) is 2.86. The van der Waals surface area contributed by atoms with Gasteiger partial charge in [0.25, 0.3) is 0 Å². The first-order valence-electron chi connectivity index (χ1n) is 6.42. The summed E-state index contributed by atoms with van der Waals surface area (Å²) in [6.45, 7) is 3.07. The van der Waals surface area contributed by atoms with Crippen LogP contribution < -0.4 is 5.32 Å². The molecular weight excluding hydrogens is 252 g/mol. The number of aliphatic carboxylic acids is 1. The van der Waals surface area contributed by atoms with E-state index in [-0.39, 0.29) is 24.3 Å². The molecule has 2 heterocycles. The van der Waals surface area contributed by atoms with Gasteiger partial charge in [0, 0.05) is 19.7 Å². The lowest BCUT2D eigenvalue weighted by atomic mass is 9.98. The molecule has 0 aliphatic carbocycles. The molecule has 2 fully saturated rings. The second kappa shape index (κ2) is 5.56. The van der Waals surface area contributed by atoms with E-state index in [4.69, 9.17) is 9.84 Å². The van der Waals surface area contributed by atoms with Gasteiger partial charge >= 0.3 is 5.97 Å². The molecule has 0 aromatic heterocycles. The molecule has 0 aromatic carbocycles. The van der Waals surface area contributed by atoms with Crippen LogP contribution in [-0.4, -0.2) is 59.6 Å². The first-order valence-corrected chi connectivity index (χ1v) is 6.42. The van der Waals surface area contributed by atoms with E-state index in [1.54, 1.807) is 0 Å². The Morgan fingerprint density at radius 1 is 1.53 bits per heavy atom. The van der Waals surface area contributed by atoms with Crippen LogP contribution in [0.3, 0.4) is 0 Å². The van der Waals surface area contributed by atoms with Gasteiger partial charge in [0.15, 0.2) is 0 Å². The SMILES string of the molecule is CC1OCCC1C(=O)N1CCNC(=O)C1CC(=O)O. The van der Waals surface area contributed by atoms with Crippen molar-refractivity contribution in [2.24, 2.45) is 5.92 Å². The van der Waals surface area contributed by atoms with Crippen LogP contribution in [0.2, 0.25) is 0 Å². The predicted molar refractivity (Wildman–Crippen MR) is 64.3 cm³/mol. The number of ether oxygens (including phenoxy) is 1. The standard InChI is InChI=1S/C12H18N2O5/c1-7-8(2-5-19-7)12(18)14-4-3-13-11(17)9(14)6-10(15)16/h7-9H,2-6H2,1H3,(H,13,17)(H,15,16). The highest BCUT2D eigenvalue weighted by molar-refractivity contribution is 5.92. The Morgan fingerprint density at radius 2 is 2.26 bits per heavy atom. The fraction of sp³-hybridized carbons (Fsp3) is 0.750. The number of piperazine rings is 1. The first kappa shape index (κ1) is 13.8. The fourth-order valence-electron chi connectivity index (χ4n) is 2.62. The van der Waals surface area contributed by atoms with Gasteiger partial charge in [-0.15, -0.1) is 0 Å². The van der Waals surface area contributed by atoms with Crippen molar-refractivity contribution >= 4 is 17.8 Å². The molecule has 0 aromatic rings. The Hall–Kier alpha value is -1.63. The molecule has 106 valence electrons. The van der Waals surface area contributed by atoms with Crippen LogP contribution in [0.4, 0.5) is 0 Å². The number of hydrogen-bond donors (Lipinski definition) is 2. The Bertz CT molecular complexity index is 398. The largest absolute Gasteiger partial charge is 0.481 e. The van der Waals surface area contributed by atoms with E-state index in [9.17, 15) is 14.4 Å². The minimum absolute atomic E-state index is 0.175. The van der Waals surface area contributed by atoms with Gasteiger partial charge < -0.3 is 20.1 Å². The maximum Gasteiger partial charge on any atom is 0.305 e. The van der Waals surface area contributed by atoms with Crippen molar-refractivity contribution < 1.29 is 24.2 Å². The van der Waals surface area contributed by atoms with Gasteiger partial charge in [-0.05, 0) is 13.3 Å². The van der Waals surface area contributed by atoms with Crippen LogP contribution in [-0.2, 0) is 19.1 Å². The number of nitrogens with zero attached hydrogens (tertiary/aromatic N) is 1. The van der Waals surface area contributed by atoms with Crippen molar-refractivity contribution in [3.63, 3.8) is 0 Å². The predicted octanol–water partition coefficient (Wildman–Crippen LogP) is -0.787. The van der Waals surface area contributed by atoms with Gasteiger partial charge in [0.05, 0.1) is 18.4 Å². The number of amides is 2. The minimum atomic E-state index is -1.09. The summed E-state index contributed by atoms with van der Waals surface area (Å²) >= 11 is 0. The van der Waals surface area contributed by atoms with Crippen molar-refractivity contribution in [2.45, 2.75) is 31.9 Å². The summed E-state index contributed by atoms with van der Waals surface area (Å²) in [5.41, 5.74) is 0. The van der Waals surface area contributed by atoms with Crippen molar-refractivity contribution in [3.8, 4) is 0 Å². The van der Waals surface area contributed by atoms with E-state index < -0.39 is 17.9 Å². The molecule has 0 bridgehead atoms. The molecule has 2 saturated heterocycles. The minimum Gasteiger partial charge on any atom is -0.481 e. The third-order valence-corrected chi connectivity index (χ3v) is 3.68. The molecular formula is C12H18N2O5. The number of carboxylic acid groups (broad SMARTS) is 1. The monoisotopic (exact) mass is 270 g/mol. The summed E-state index contributed by atoms with van der Waals surface area (Å²) < 4.78 is 5.36. The maximum absolute atomic E-state index is 12.4. The Labute approximate surface area is 110 Å². The number of carbonyl (C=O) groups excluding carboxylic acids is 2. The van der Waals surface area contributed by atoms with Crippen LogP contribution in [0.15, 0.2) is 0 Å². The Kier molecular flexibility index (Phi) is 4.04. The normalized spacial score (nSPS) is 31.1. The maximum atomic E-state index is 12.4. The molecule has 0 saturated carbocycles. The Balaban J connectivity index is 2.12. The van der Waals surface area contributed by atoms with Crippen LogP contribution in [0.1, 0.15) is 19.8 Å². The number of carboxylic acids is 1. The van der Waals surface area contributed by atoms with Gasteiger partial charge in [-0.25, -0.2) is 0 Å². The number of rotatable bonds is 3. The molecule has 7 heteroatoms. The summed E-state index contributed by atoms with van der Waals surface area (Å²) in [4.78, 5) is 36.4. The van der Waals surface area contributed by atoms with Crippen LogP contribution in [0.5, 0.6) is 0 Å². The van der Waals surface area contributed by atoms with Gasteiger partial charge in [-0.3, -0.25) is 14.4 Å². The summed E-state index contributed by atoms with van der Waals surface area (Å²) in [6.07, 6.45) is 0.0835. The molecule has 0 radical (unpaired) electrons. The molecule has 2 rings (SSSR count). The van der Waals surface area contributed by atoms with Crippen LogP contribution in [0.25, 0.3) is 0 Å². The molecule has 3 unspecified atom stereocenters. The topological polar surface area (TPSA) is 95.9 Å². The smallest absolute Gasteiger partial charge is 0.305 e. The van der Waals surface area contributed by atoms with E-state index in [1.165, 1.54) is 4.90 Å². The number of carbonyl (C=O) groups is 3. The molecule has 2 aliphatic heterocycles. The second-order valence-electron chi connectivity index (χ2n) is 4.91. The van der Waals surface area contributed by atoms with E-state index in [0.29, 0.717) is 26.1 Å². The third-order valence-electron chi connectivity index (χ3n) is 3.68. The van der Waals surface area contributed by atoms with Crippen molar-refractivity contribution in [3.05, 3.63) is 0 Å². The average Bonchev–Trinajstić information content (AvgIpc) is 2.77. The van der Waals surface area contributed by atoms with E-state index in [1.807, 2.05) is 6.92 Å². The number of nitrogens with one attached hydrogen (secondary N) is 1. The average molecular weight is 270 g/mol. The second-order valence-corrected chi connectivity index (χ2v) is 4.91. The molecule has 19 heavy (non-hydrogen) atoms. The fourth-order valence-corrected chi connectivity index (χ4v) is 2.62. The molecule has 7 nitrogen and oxygen atoms in total. The van der Waals surface area contributed by atoms with Crippen molar-refractivity contribution in [1.29, 1.82) is 0 Å². The summed E-state index contributed by atoms with van der Waals surface area (Å²) in [5, 5.41) is 11.5. The summed E-state index contributed by atoms with van der Waals surface area (Å²) in [5.74, 6) is -1.93. The molecule has 2 N–H and O–H groups in total. The quantitative estimate of drug-likeness (QED) is 0.701. The summed E-state index contributed by atoms with van der Waals surface area (Å²) in [6, 6.07) is -0.911. The zero-order valence-electron chi connectivity index (χ0n) is 10.8.